The Hall–Kier alpha value is -4.44. The van der Waals surface area contributed by atoms with E-state index in [0.29, 0.717) is 17.8 Å². The maximum absolute atomic E-state index is 4.14. The van der Waals surface area contributed by atoms with E-state index < -0.39 is 0 Å². The lowest BCUT2D eigenvalue weighted by molar-refractivity contribution is 0.0453. The molecule has 9 rings (SSSR count). The van der Waals surface area contributed by atoms with Crippen molar-refractivity contribution in [2.45, 2.75) is 162 Å². The van der Waals surface area contributed by atoms with Gasteiger partial charge in [-0.3, -0.25) is 10.6 Å². The average molecular weight is 894 g/mol. The number of benzene rings is 2. The van der Waals surface area contributed by atoms with E-state index in [0.717, 1.165) is 64.0 Å². The van der Waals surface area contributed by atoms with E-state index in [-0.39, 0.29) is 27.8 Å². The molecule has 9 atom stereocenters. The normalized spacial score (nSPS) is 32.7. The van der Waals surface area contributed by atoms with Crippen LogP contribution in [-0.4, -0.2) is 18.2 Å². The fourth-order valence-corrected chi connectivity index (χ4v) is 13.5. The monoisotopic (exact) mass is 894 g/mol. The third-order valence-electron chi connectivity index (χ3n) is 17.9. The molecule has 2 aromatic carbocycles. The van der Waals surface area contributed by atoms with Crippen LogP contribution in [-0.2, 0) is 6.42 Å². The summed E-state index contributed by atoms with van der Waals surface area (Å²) in [5, 5.41) is 12.0. The second-order valence-corrected chi connectivity index (χ2v) is 23.2. The molecule has 0 heterocycles. The summed E-state index contributed by atoms with van der Waals surface area (Å²) in [6, 6.07) is 19.0. The van der Waals surface area contributed by atoms with Gasteiger partial charge in [-0.2, -0.15) is 0 Å². The van der Waals surface area contributed by atoms with Gasteiger partial charge in [-0.1, -0.05) is 181 Å². The van der Waals surface area contributed by atoms with Crippen molar-refractivity contribution in [1.29, 1.82) is 0 Å². The fourth-order valence-electron chi connectivity index (χ4n) is 13.5. The number of para-hydroxylation sites is 1. The number of allylic oxidation sites excluding steroid dienone is 15. The molecule has 0 aliphatic heterocycles. The second kappa shape index (κ2) is 20.7. The van der Waals surface area contributed by atoms with Crippen LogP contribution in [0, 0.1) is 34.0 Å². The zero-order valence-corrected chi connectivity index (χ0v) is 42.2. The predicted octanol–water partition coefficient (Wildman–Crippen LogP) is 16.4. The van der Waals surface area contributed by atoms with Crippen molar-refractivity contribution in [3.05, 3.63) is 179 Å². The second-order valence-electron chi connectivity index (χ2n) is 23.2. The Bertz CT molecular complexity index is 2410. The van der Waals surface area contributed by atoms with Gasteiger partial charge in [0.25, 0.3) is 0 Å². The van der Waals surface area contributed by atoms with E-state index in [4.69, 9.17) is 0 Å². The molecule has 0 bridgehead atoms. The van der Waals surface area contributed by atoms with Crippen molar-refractivity contribution in [1.82, 2.24) is 10.6 Å². The maximum atomic E-state index is 4.14. The van der Waals surface area contributed by atoms with Crippen LogP contribution in [0.5, 0.6) is 0 Å². The molecule has 7 aliphatic rings. The van der Waals surface area contributed by atoms with Crippen LogP contribution in [0.1, 0.15) is 160 Å². The summed E-state index contributed by atoms with van der Waals surface area (Å²) in [6.45, 7) is 15.8. The topological polar surface area (TPSA) is 36.1 Å². The van der Waals surface area contributed by atoms with Crippen molar-refractivity contribution in [3.8, 4) is 0 Å². The lowest BCUT2D eigenvalue weighted by atomic mass is 9.53. The first-order valence-corrected chi connectivity index (χ1v) is 26.8. The summed E-state index contributed by atoms with van der Waals surface area (Å²) in [7, 11) is 0. The number of hydrogen-bond donors (Lipinski definition) is 3. The van der Waals surface area contributed by atoms with E-state index in [1.807, 2.05) is 0 Å². The average Bonchev–Trinajstić information content (AvgIpc) is 3.34. The van der Waals surface area contributed by atoms with Crippen LogP contribution in [0.25, 0.3) is 5.57 Å². The number of anilines is 1. The predicted molar refractivity (Wildman–Crippen MR) is 288 cm³/mol. The van der Waals surface area contributed by atoms with Crippen LogP contribution in [0.3, 0.4) is 0 Å². The highest BCUT2D eigenvalue weighted by Crippen LogP contribution is 2.58. The summed E-state index contributed by atoms with van der Waals surface area (Å²) >= 11 is 0. The van der Waals surface area contributed by atoms with Crippen LogP contribution < -0.4 is 16.0 Å². The van der Waals surface area contributed by atoms with E-state index in [1.54, 1.807) is 0 Å². The Morgan fingerprint density at radius 2 is 1.60 bits per heavy atom. The van der Waals surface area contributed by atoms with Crippen molar-refractivity contribution in [2.24, 2.45) is 34.0 Å². The first-order valence-electron chi connectivity index (χ1n) is 26.8. The van der Waals surface area contributed by atoms with Gasteiger partial charge in [-0.25, -0.2) is 0 Å². The smallest absolute Gasteiger partial charge is 0.0466 e. The minimum atomic E-state index is -0.165. The summed E-state index contributed by atoms with van der Waals surface area (Å²) in [6.07, 6.45) is 55.4. The molecule has 0 amide bonds. The number of aryl methyl sites for hydroxylation is 1. The molecule has 0 aromatic heterocycles. The molecule has 0 saturated heterocycles. The molecule has 67 heavy (non-hydrogen) atoms. The van der Waals surface area contributed by atoms with Crippen molar-refractivity contribution >= 4 is 11.3 Å². The zero-order valence-electron chi connectivity index (χ0n) is 42.2. The Labute approximate surface area is 406 Å². The van der Waals surface area contributed by atoms with Crippen LogP contribution in [0.15, 0.2) is 162 Å². The molecule has 9 unspecified atom stereocenters. The van der Waals surface area contributed by atoms with E-state index in [1.165, 1.54) is 102 Å². The first kappa shape index (κ1) is 47.6. The molecule has 2 aromatic rings. The number of rotatable bonds is 15. The van der Waals surface area contributed by atoms with Gasteiger partial charge >= 0.3 is 0 Å². The Morgan fingerprint density at radius 1 is 0.776 bits per heavy atom. The van der Waals surface area contributed by atoms with Gasteiger partial charge < -0.3 is 5.32 Å². The Morgan fingerprint density at radius 3 is 2.39 bits per heavy atom. The van der Waals surface area contributed by atoms with Crippen molar-refractivity contribution in [3.63, 3.8) is 0 Å². The maximum Gasteiger partial charge on any atom is 0.0466 e. The van der Waals surface area contributed by atoms with Crippen molar-refractivity contribution < 1.29 is 0 Å². The molecule has 7 aliphatic carbocycles. The molecule has 2 saturated carbocycles. The third kappa shape index (κ3) is 10.9. The van der Waals surface area contributed by atoms with Crippen LogP contribution in [0.2, 0.25) is 0 Å². The highest BCUT2D eigenvalue weighted by Gasteiger charge is 2.47. The summed E-state index contributed by atoms with van der Waals surface area (Å²) in [4.78, 5) is 0. The molecule has 0 spiro atoms. The fraction of sp³-hybridized carbons (Fsp3) is 0.500. The summed E-state index contributed by atoms with van der Waals surface area (Å²) in [5.74, 6) is 2.37. The summed E-state index contributed by atoms with van der Waals surface area (Å²) < 4.78 is 0. The minimum Gasteiger partial charge on any atom is -0.356 e. The Kier molecular flexibility index (Phi) is 14.7. The number of hydrogen-bond acceptors (Lipinski definition) is 3. The largest absolute Gasteiger partial charge is 0.356 e. The molecule has 354 valence electrons. The first-order chi connectivity index (χ1) is 32.4. The van der Waals surface area contributed by atoms with Gasteiger partial charge in [0.2, 0.25) is 0 Å². The molecule has 3 heteroatoms. The highest BCUT2D eigenvalue weighted by atomic mass is 15.1. The van der Waals surface area contributed by atoms with Gasteiger partial charge in [-0.15, -0.1) is 0 Å². The van der Waals surface area contributed by atoms with Gasteiger partial charge in [0, 0.05) is 35.6 Å². The molecule has 2 fully saturated rings. The van der Waals surface area contributed by atoms with Gasteiger partial charge in [0.05, 0.1) is 0 Å². The number of nitrogens with one attached hydrogen (secondary N) is 3. The molecule has 3 N–H and O–H groups in total. The van der Waals surface area contributed by atoms with Gasteiger partial charge in [-0.05, 0) is 176 Å². The highest BCUT2D eigenvalue weighted by molar-refractivity contribution is 5.79. The van der Waals surface area contributed by atoms with Crippen LogP contribution in [0.4, 0.5) is 5.69 Å². The van der Waals surface area contributed by atoms with E-state index in [9.17, 15) is 0 Å². The minimum absolute atomic E-state index is 0.107. The van der Waals surface area contributed by atoms with E-state index in [2.05, 4.69) is 197 Å². The standard InChI is InChI=1S/C64H83N3/c1-47-32-34-50(35-33-47)53-41-54(45-63(5,44-53)62(4)38-18-20-48(2)42-62)51-22-17-21-49(40-51)36-39-64(6,55-24-9-7-10-25-55)66-46-65-60-31-16-14-29-58(60)61(3)37-19-23-52(43-61)57-28-13-15-30-59(57)67-56-26-11-8-12-27-56/h9,11,13-17,21-22,24-32,34-35,40-41,45,47-48,52,58,60,65-67H,7-8,10,12,18-20,23,33,36-39,42-44,46H2,1-6H3. The Balaban J connectivity index is 0.902. The summed E-state index contributed by atoms with van der Waals surface area (Å²) in [5.41, 5.74) is 13.0. The quantitative estimate of drug-likeness (QED) is 0.156. The lowest BCUT2D eigenvalue weighted by Gasteiger charge is -2.51. The van der Waals surface area contributed by atoms with Crippen molar-refractivity contribution in [2.75, 3.05) is 12.0 Å². The zero-order chi connectivity index (χ0) is 46.5. The SMILES string of the molecule is CC1C=CC(C2=CC(c3cccc(CCC(C)(NCNC4C=CC=CC4C4(C)CCCC(c5ccccc5NC5=CCCC=C5)C4)C4=CCCC=C4)c3)=CC(C)(C3(C)CCCC(C)C3)C2)=CC1. The molecule has 0 radical (unpaired) electrons. The van der Waals surface area contributed by atoms with Gasteiger partial charge in [0.1, 0.15) is 0 Å². The molecular weight excluding hydrogens is 811 g/mol. The van der Waals surface area contributed by atoms with E-state index >= 15 is 0 Å². The molecular formula is C64H83N3. The lowest BCUT2D eigenvalue weighted by Crippen LogP contribution is -2.53. The van der Waals surface area contributed by atoms with Gasteiger partial charge in [0.15, 0.2) is 0 Å². The third-order valence-corrected chi connectivity index (χ3v) is 17.9. The van der Waals surface area contributed by atoms with Crippen LogP contribution >= 0.6 is 0 Å². The molecule has 3 nitrogen and oxygen atoms in total.